The Balaban J connectivity index is 2.29. The third-order valence-electron chi connectivity index (χ3n) is 3.34. The van der Waals surface area contributed by atoms with E-state index in [0.717, 1.165) is 0 Å². The molecule has 1 heterocycles. The van der Waals surface area contributed by atoms with Crippen LogP contribution in [0.5, 0.6) is 23.0 Å². The monoisotopic (exact) mass is 300 g/mol. The van der Waals surface area contributed by atoms with Crippen LogP contribution in [0.3, 0.4) is 0 Å². The van der Waals surface area contributed by atoms with Crippen molar-refractivity contribution >= 4 is 11.0 Å². The van der Waals surface area contributed by atoms with Crippen LogP contribution in [-0.4, -0.2) is 22.4 Å². The SMILES string of the molecule is COc1ccc(-c2oc3ccc(O)c(O)c3c(=O)c2O)cc1. The van der Waals surface area contributed by atoms with Gasteiger partial charge in [-0.05, 0) is 36.4 Å². The average molecular weight is 300 g/mol. The second-order valence-corrected chi connectivity index (χ2v) is 4.64. The van der Waals surface area contributed by atoms with Crippen LogP contribution in [-0.2, 0) is 0 Å². The maximum Gasteiger partial charge on any atom is 0.238 e. The summed E-state index contributed by atoms with van der Waals surface area (Å²) in [4.78, 5) is 12.2. The van der Waals surface area contributed by atoms with Crippen LogP contribution >= 0.6 is 0 Å². The lowest BCUT2D eigenvalue weighted by Crippen LogP contribution is -2.03. The van der Waals surface area contributed by atoms with Crippen molar-refractivity contribution in [2.45, 2.75) is 0 Å². The number of phenols is 2. The summed E-state index contributed by atoms with van der Waals surface area (Å²) in [5, 5.41) is 29.0. The van der Waals surface area contributed by atoms with Crippen LogP contribution in [0.1, 0.15) is 0 Å². The highest BCUT2D eigenvalue weighted by Crippen LogP contribution is 2.36. The first-order chi connectivity index (χ1) is 10.5. The normalized spacial score (nSPS) is 10.8. The number of phenolic OH excluding ortho intramolecular Hbond substituents is 2. The molecule has 6 heteroatoms. The van der Waals surface area contributed by atoms with Crippen LogP contribution in [0.4, 0.5) is 0 Å². The van der Waals surface area contributed by atoms with Gasteiger partial charge in [-0.25, -0.2) is 0 Å². The number of hydrogen-bond acceptors (Lipinski definition) is 6. The highest BCUT2D eigenvalue weighted by Gasteiger charge is 2.19. The molecule has 3 aromatic rings. The van der Waals surface area contributed by atoms with Crippen molar-refractivity contribution in [3.05, 3.63) is 46.6 Å². The van der Waals surface area contributed by atoms with Gasteiger partial charge in [0.15, 0.2) is 17.3 Å². The van der Waals surface area contributed by atoms with Gasteiger partial charge in [0, 0.05) is 5.56 Å². The number of fused-ring (bicyclic) bond motifs is 1. The predicted molar refractivity (Wildman–Crippen MR) is 79.5 cm³/mol. The molecule has 0 unspecified atom stereocenters. The number of ether oxygens (including phenoxy) is 1. The van der Waals surface area contributed by atoms with E-state index in [1.807, 2.05) is 0 Å². The highest BCUT2D eigenvalue weighted by molar-refractivity contribution is 5.89. The molecule has 0 saturated carbocycles. The molecule has 6 nitrogen and oxygen atoms in total. The molecule has 0 saturated heterocycles. The maximum absolute atomic E-state index is 12.2. The molecule has 0 fully saturated rings. The molecule has 0 aliphatic rings. The van der Waals surface area contributed by atoms with Gasteiger partial charge in [0.2, 0.25) is 11.2 Å². The molecule has 3 rings (SSSR count). The van der Waals surface area contributed by atoms with Crippen LogP contribution < -0.4 is 10.2 Å². The fourth-order valence-corrected chi connectivity index (χ4v) is 2.18. The maximum atomic E-state index is 12.2. The molecule has 0 spiro atoms. The first-order valence-electron chi connectivity index (χ1n) is 6.38. The van der Waals surface area contributed by atoms with Gasteiger partial charge in [-0.2, -0.15) is 0 Å². The van der Waals surface area contributed by atoms with Crippen molar-refractivity contribution < 1.29 is 24.5 Å². The van der Waals surface area contributed by atoms with Gasteiger partial charge >= 0.3 is 0 Å². The van der Waals surface area contributed by atoms with Crippen molar-refractivity contribution in [1.82, 2.24) is 0 Å². The van der Waals surface area contributed by atoms with Gasteiger partial charge in [0.05, 0.1) is 7.11 Å². The summed E-state index contributed by atoms with van der Waals surface area (Å²) in [5.74, 6) is -1.13. The van der Waals surface area contributed by atoms with Crippen LogP contribution in [0.2, 0.25) is 0 Å². The summed E-state index contributed by atoms with van der Waals surface area (Å²) >= 11 is 0. The molecule has 0 amide bonds. The first-order valence-corrected chi connectivity index (χ1v) is 6.38. The van der Waals surface area contributed by atoms with E-state index in [1.54, 1.807) is 24.3 Å². The lowest BCUT2D eigenvalue weighted by atomic mass is 10.1. The Morgan fingerprint density at radius 3 is 2.27 bits per heavy atom. The smallest absolute Gasteiger partial charge is 0.238 e. The molecule has 22 heavy (non-hydrogen) atoms. The zero-order valence-electron chi connectivity index (χ0n) is 11.5. The van der Waals surface area contributed by atoms with E-state index < -0.39 is 22.7 Å². The van der Waals surface area contributed by atoms with Crippen molar-refractivity contribution in [1.29, 1.82) is 0 Å². The fourth-order valence-electron chi connectivity index (χ4n) is 2.18. The minimum absolute atomic E-state index is 0.0229. The van der Waals surface area contributed by atoms with Gasteiger partial charge in [-0.1, -0.05) is 0 Å². The molecule has 112 valence electrons. The summed E-state index contributed by atoms with van der Waals surface area (Å²) in [6.07, 6.45) is 0. The Morgan fingerprint density at radius 1 is 0.955 bits per heavy atom. The van der Waals surface area contributed by atoms with Gasteiger partial charge in [-0.15, -0.1) is 0 Å². The van der Waals surface area contributed by atoms with Crippen molar-refractivity contribution in [2.75, 3.05) is 7.11 Å². The van der Waals surface area contributed by atoms with Gasteiger partial charge in [0.25, 0.3) is 0 Å². The van der Waals surface area contributed by atoms with Crippen LogP contribution in [0.15, 0.2) is 45.6 Å². The van der Waals surface area contributed by atoms with Crippen LogP contribution in [0, 0.1) is 0 Å². The molecule has 0 radical (unpaired) electrons. The average Bonchev–Trinajstić information content (AvgIpc) is 2.54. The largest absolute Gasteiger partial charge is 0.504 e. The van der Waals surface area contributed by atoms with Crippen molar-refractivity contribution in [3.63, 3.8) is 0 Å². The van der Waals surface area contributed by atoms with Gasteiger partial charge in [0.1, 0.15) is 16.7 Å². The Hall–Kier alpha value is -3.15. The molecule has 2 aromatic carbocycles. The predicted octanol–water partition coefficient (Wildman–Crippen LogP) is 2.59. The van der Waals surface area contributed by atoms with E-state index in [1.165, 1.54) is 19.2 Å². The second kappa shape index (κ2) is 5.00. The standard InChI is InChI=1S/C16H12O6/c1-21-9-4-2-8(3-5-9)16-15(20)14(19)12-11(22-16)7-6-10(17)13(12)18/h2-7,17-18,20H,1H3. The molecular formula is C16H12O6. The van der Waals surface area contributed by atoms with E-state index in [-0.39, 0.29) is 16.7 Å². The number of benzene rings is 2. The molecule has 0 aliphatic carbocycles. The lowest BCUT2D eigenvalue weighted by Gasteiger charge is -2.08. The van der Waals surface area contributed by atoms with E-state index in [9.17, 15) is 20.1 Å². The third-order valence-corrected chi connectivity index (χ3v) is 3.34. The van der Waals surface area contributed by atoms with Gasteiger partial charge in [-0.3, -0.25) is 4.79 Å². The summed E-state index contributed by atoms with van der Waals surface area (Å²) in [6.45, 7) is 0. The van der Waals surface area contributed by atoms with Crippen LogP contribution in [0.25, 0.3) is 22.3 Å². The number of rotatable bonds is 2. The van der Waals surface area contributed by atoms with E-state index in [4.69, 9.17) is 9.15 Å². The molecule has 0 bridgehead atoms. The zero-order chi connectivity index (χ0) is 15.9. The minimum atomic E-state index is -0.819. The first kappa shape index (κ1) is 13.8. The zero-order valence-corrected chi connectivity index (χ0v) is 11.5. The topological polar surface area (TPSA) is 100 Å². The Kier molecular flexibility index (Phi) is 3.14. The Morgan fingerprint density at radius 2 is 1.64 bits per heavy atom. The van der Waals surface area contributed by atoms with E-state index in [2.05, 4.69) is 0 Å². The Labute approximate surface area is 124 Å². The number of methoxy groups -OCH3 is 1. The summed E-state index contributed by atoms with van der Waals surface area (Å²) in [5.41, 5.74) is -0.283. The molecule has 0 atom stereocenters. The molecule has 3 N–H and O–H groups in total. The number of aromatic hydroxyl groups is 3. The fraction of sp³-hybridized carbons (Fsp3) is 0.0625. The van der Waals surface area contributed by atoms with E-state index in [0.29, 0.717) is 11.3 Å². The quantitative estimate of drug-likeness (QED) is 0.629. The second-order valence-electron chi connectivity index (χ2n) is 4.64. The summed E-state index contributed by atoms with van der Waals surface area (Å²) in [7, 11) is 1.53. The summed E-state index contributed by atoms with van der Waals surface area (Å²) < 4.78 is 10.5. The molecular weight excluding hydrogens is 288 g/mol. The Bertz CT molecular complexity index is 909. The summed E-state index contributed by atoms with van der Waals surface area (Å²) in [6, 6.07) is 9.13. The number of hydrogen-bond donors (Lipinski definition) is 3. The third kappa shape index (κ3) is 2.01. The molecule has 0 aliphatic heterocycles. The van der Waals surface area contributed by atoms with Gasteiger partial charge < -0.3 is 24.5 Å². The lowest BCUT2D eigenvalue weighted by molar-refractivity contribution is 0.405. The van der Waals surface area contributed by atoms with Crippen molar-refractivity contribution in [2.24, 2.45) is 0 Å². The highest BCUT2D eigenvalue weighted by atomic mass is 16.5. The molecule has 1 aromatic heterocycles. The van der Waals surface area contributed by atoms with Crippen molar-refractivity contribution in [3.8, 4) is 34.3 Å². The van der Waals surface area contributed by atoms with E-state index >= 15 is 0 Å². The minimum Gasteiger partial charge on any atom is -0.504 e.